The second-order valence-corrected chi connectivity index (χ2v) is 13.4. The van der Waals surface area contributed by atoms with Gasteiger partial charge in [-0.3, -0.25) is 18.9 Å². The molecule has 4 atom stereocenters. The maximum atomic E-state index is 14.4. The lowest BCUT2D eigenvalue weighted by atomic mass is 9.97. The molecule has 0 saturated carbocycles. The summed E-state index contributed by atoms with van der Waals surface area (Å²) in [5, 5.41) is 11.8. The van der Waals surface area contributed by atoms with Crippen molar-refractivity contribution in [3.63, 3.8) is 0 Å². The third-order valence-corrected chi connectivity index (χ3v) is 9.87. The lowest BCUT2D eigenvalue weighted by Gasteiger charge is -2.29. The van der Waals surface area contributed by atoms with E-state index in [4.69, 9.17) is 10.3 Å². The number of thioether (sulfide) groups is 1. The smallest absolute Gasteiger partial charge is 0.325 e. The Labute approximate surface area is 239 Å². The first-order valence-electron chi connectivity index (χ1n) is 12.9. The first-order valence-corrected chi connectivity index (χ1v) is 15.8. The van der Waals surface area contributed by atoms with Crippen LogP contribution in [0.15, 0.2) is 84.9 Å². The van der Waals surface area contributed by atoms with Crippen molar-refractivity contribution in [2.24, 2.45) is 11.7 Å². The number of aliphatic carboxylic acids is 1. The summed E-state index contributed by atoms with van der Waals surface area (Å²) in [4.78, 5) is 36.2. The van der Waals surface area contributed by atoms with E-state index in [1.54, 1.807) is 24.3 Å². The molecule has 0 bridgehead atoms. The predicted molar refractivity (Wildman–Crippen MR) is 159 cm³/mol. The molecule has 4 N–H and O–H groups in total. The van der Waals surface area contributed by atoms with Gasteiger partial charge in [-0.25, -0.2) is 0 Å². The van der Waals surface area contributed by atoms with Gasteiger partial charge < -0.3 is 20.7 Å². The van der Waals surface area contributed by atoms with Crippen LogP contribution in [0.4, 0.5) is 0 Å². The number of carbonyl (C=O) groups is 3. The van der Waals surface area contributed by atoms with Crippen LogP contribution in [-0.4, -0.2) is 46.7 Å². The second-order valence-electron chi connectivity index (χ2n) is 9.47. The molecule has 10 heteroatoms. The molecule has 212 valence electrons. The molecule has 8 nitrogen and oxygen atoms in total. The first-order chi connectivity index (χ1) is 19.1. The van der Waals surface area contributed by atoms with Crippen molar-refractivity contribution in [2.45, 2.75) is 32.1 Å². The highest BCUT2D eigenvalue weighted by molar-refractivity contribution is 8.13. The summed E-state index contributed by atoms with van der Waals surface area (Å²) in [6.07, 6.45) is -0.00327. The van der Waals surface area contributed by atoms with Gasteiger partial charge >= 0.3 is 5.97 Å². The van der Waals surface area contributed by atoms with E-state index in [1.165, 1.54) is 13.8 Å². The lowest BCUT2D eigenvalue weighted by molar-refractivity contribution is -0.141. The summed E-state index contributed by atoms with van der Waals surface area (Å²) < 4.78 is 20.3. The van der Waals surface area contributed by atoms with Gasteiger partial charge in [0.05, 0.1) is 12.5 Å². The summed E-state index contributed by atoms with van der Waals surface area (Å²) in [6, 6.07) is 25.3. The highest BCUT2D eigenvalue weighted by Gasteiger charge is 2.38. The molecule has 0 fully saturated rings. The van der Waals surface area contributed by atoms with Crippen molar-refractivity contribution < 1.29 is 28.6 Å². The normalized spacial score (nSPS) is 14.9. The fourth-order valence-electron chi connectivity index (χ4n) is 4.19. The Hall–Kier alpha value is -3.23. The molecule has 0 heterocycles. The molecule has 1 amide bonds. The second kappa shape index (κ2) is 15.0. The minimum atomic E-state index is -3.72. The van der Waals surface area contributed by atoms with Crippen molar-refractivity contribution in [1.29, 1.82) is 0 Å². The van der Waals surface area contributed by atoms with Crippen LogP contribution in [0.3, 0.4) is 0 Å². The molecular weight excluding hydrogens is 547 g/mol. The minimum Gasteiger partial charge on any atom is -0.480 e. The monoisotopic (exact) mass is 582 g/mol. The third-order valence-electron chi connectivity index (χ3n) is 6.38. The quantitative estimate of drug-likeness (QED) is 0.171. The Kier molecular flexibility index (Phi) is 11.7. The Morgan fingerprint density at radius 2 is 1.52 bits per heavy atom. The van der Waals surface area contributed by atoms with Crippen LogP contribution in [0, 0.1) is 5.92 Å². The number of benzene rings is 3. The molecule has 3 aromatic carbocycles. The molecular formula is C30H35N2O6PS. The molecule has 0 aliphatic carbocycles. The van der Waals surface area contributed by atoms with E-state index in [9.17, 15) is 24.1 Å². The summed E-state index contributed by atoms with van der Waals surface area (Å²) >= 11 is 1.05. The van der Waals surface area contributed by atoms with Gasteiger partial charge in [-0.05, 0) is 35.6 Å². The van der Waals surface area contributed by atoms with Gasteiger partial charge in [0.2, 0.25) is 13.3 Å². The molecule has 40 heavy (non-hydrogen) atoms. The van der Waals surface area contributed by atoms with Crippen LogP contribution in [0.25, 0.3) is 11.1 Å². The van der Waals surface area contributed by atoms with Crippen LogP contribution < -0.4 is 11.1 Å². The maximum absolute atomic E-state index is 14.4. The van der Waals surface area contributed by atoms with Crippen LogP contribution in [0.5, 0.6) is 0 Å². The fourth-order valence-corrected chi connectivity index (χ4v) is 7.20. The zero-order valence-electron chi connectivity index (χ0n) is 22.6. The Morgan fingerprint density at radius 3 is 2.10 bits per heavy atom. The van der Waals surface area contributed by atoms with Gasteiger partial charge in [0.15, 0.2) is 5.12 Å². The van der Waals surface area contributed by atoms with Crippen molar-refractivity contribution in [2.75, 3.05) is 18.5 Å². The van der Waals surface area contributed by atoms with E-state index < -0.39 is 37.0 Å². The number of carbonyl (C=O) groups excluding carboxylic acids is 2. The number of hydrogen-bond donors (Lipinski definition) is 3. The largest absolute Gasteiger partial charge is 0.480 e. The SMILES string of the molecule is CC(=O)SCCOP(=O)(C[C@@H](Cc1ccc(-c2ccccc2)cc1)C(=O)N[C@@H](C)C(=O)O)[C@@H](N)c1ccccc1. The summed E-state index contributed by atoms with van der Waals surface area (Å²) in [7, 11) is -3.72. The number of nitrogens with one attached hydrogen (secondary N) is 1. The Bertz CT molecular complexity index is 1320. The molecule has 3 aromatic rings. The molecule has 1 unspecified atom stereocenters. The lowest BCUT2D eigenvalue weighted by Crippen LogP contribution is -2.43. The van der Waals surface area contributed by atoms with Crippen LogP contribution in [-0.2, 0) is 29.9 Å². The molecule has 0 aliphatic rings. The maximum Gasteiger partial charge on any atom is 0.325 e. The fraction of sp³-hybridized carbons (Fsp3) is 0.300. The first kappa shape index (κ1) is 31.3. The third kappa shape index (κ3) is 9.17. The number of carboxylic acid groups (broad SMARTS) is 1. The Balaban J connectivity index is 1.90. The molecule has 0 aliphatic heterocycles. The standard InChI is InChI=1S/C30H35N2O6PS/c1-21(30(35)36)32-29(34)27(19-23-13-15-25(16-14-23)24-9-5-3-6-10-24)20-39(37,38-17-18-40-22(2)33)28(31)26-11-7-4-8-12-26/h3-16,21,27-28H,17-20,31H2,1-2H3,(H,32,34)(H,35,36)/t21-,27+,28+,39?/m0/s1. The average Bonchev–Trinajstić information content (AvgIpc) is 2.95. The van der Waals surface area contributed by atoms with Crippen molar-refractivity contribution >= 4 is 36.1 Å². The molecule has 0 radical (unpaired) electrons. The summed E-state index contributed by atoms with van der Waals surface area (Å²) in [5.74, 6) is -3.34. The zero-order valence-corrected chi connectivity index (χ0v) is 24.3. The number of amides is 1. The molecule has 3 rings (SSSR count). The van der Waals surface area contributed by atoms with Crippen LogP contribution in [0.2, 0.25) is 0 Å². The van der Waals surface area contributed by atoms with E-state index in [-0.39, 0.29) is 30.1 Å². The highest BCUT2D eigenvalue weighted by atomic mass is 32.2. The topological polar surface area (TPSA) is 136 Å². The summed E-state index contributed by atoms with van der Waals surface area (Å²) in [5.41, 5.74) is 9.97. The van der Waals surface area contributed by atoms with Gasteiger partial charge in [-0.15, -0.1) is 0 Å². The van der Waals surface area contributed by atoms with E-state index in [0.29, 0.717) is 5.56 Å². The van der Waals surface area contributed by atoms with Gasteiger partial charge in [-0.1, -0.05) is 96.7 Å². The molecule has 0 spiro atoms. The number of hydrogen-bond acceptors (Lipinski definition) is 7. The number of rotatable bonds is 14. The van der Waals surface area contributed by atoms with Gasteiger partial charge in [0.25, 0.3) is 0 Å². The van der Waals surface area contributed by atoms with E-state index in [0.717, 1.165) is 28.5 Å². The minimum absolute atomic E-state index is 0.00764. The van der Waals surface area contributed by atoms with Crippen molar-refractivity contribution in [3.05, 3.63) is 96.1 Å². The number of nitrogens with two attached hydrogens (primary N) is 1. The summed E-state index contributed by atoms with van der Waals surface area (Å²) in [6.45, 7) is 2.82. The average molecular weight is 583 g/mol. The van der Waals surface area contributed by atoms with Gasteiger partial charge in [0, 0.05) is 18.8 Å². The highest BCUT2D eigenvalue weighted by Crippen LogP contribution is 2.58. The van der Waals surface area contributed by atoms with Crippen molar-refractivity contribution in [1.82, 2.24) is 5.32 Å². The van der Waals surface area contributed by atoms with Crippen LogP contribution >= 0.6 is 19.1 Å². The van der Waals surface area contributed by atoms with E-state index in [1.807, 2.05) is 60.7 Å². The van der Waals surface area contributed by atoms with Crippen molar-refractivity contribution in [3.8, 4) is 11.1 Å². The predicted octanol–water partition coefficient (Wildman–Crippen LogP) is 5.33. The van der Waals surface area contributed by atoms with Crippen LogP contribution in [0.1, 0.15) is 30.8 Å². The number of carboxylic acids is 1. The van der Waals surface area contributed by atoms with Gasteiger partial charge in [-0.2, -0.15) is 0 Å². The van der Waals surface area contributed by atoms with Gasteiger partial charge in [0.1, 0.15) is 11.8 Å². The zero-order chi connectivity index (χ0) is 29.1. The molecule has 0 aromatic heterocycles. The van der Waals surface area contributed by atoms with E-state index >= 15 is 0 Å². The Morgan fingerprint density at radius 1 is 0.950 bits per heavy atom. The molecule has 0 saturated heterocycles. The van der Waals surface area contributed by atoms with E-state index in [2.05, 4.69) is 5.32 Å².